The minimum absolute atomic E-state index is 0.186. The zero-order chi connectivity index (χ0) is 15.2. The van der Waals surface area contributed by atoms with Crippen molar-refractivity contribution in [1.29, 1.82) is 0 Å². The summed E-state index contributed by atoms with van der Waals surface area (Å²) in [4.78, 5) is 23.7. The van der Waals surface area contributed by atoms with Crippen molar-refractivity contribution >= 4 is 12.2 Å². The van der Waals surface area contributed by atoms with E-state index in [1.54, 1.807) is 0 Å². The molecule has 7 nitrogen and oxygen atoms in total. The van der Waals surface area contributed by atoms with Crippen LogP contribution in [0.3, 0.4) is 0 Å². The molecule has 1 aliphatic rings. The second kappa shape index (κ2) is 6.94. The summed E-state index contributed by atoms with van der Waals surface area (Å²) < 4.78 is 9.50. The number of rotatable bonds is 4. The molecule has 7 heteroatoms. The van der Waals surface area contributed by atoms with Crippen LogP contribution in [0, 0.1) is 0 Å². The van der Waals surface area contributed by atoms with Crippen molar-refractivity contribution in [2.24, 2.45) is 0 Å². The Balaban J connectivity index is 1.97. The number of hydrogen-bond acceptors (Lipinski definition) is 5. The van der Waals surface area contributed by atoms with Gasteiger partial charge in [0.15, 0.2) is 0 Å². The highest BCUT2D eigenvalue weighted by Gasteiger charge is 2.38. The van der Waals surface area contributed by atoms with E-state index in [4.69, 9.17) is 9.84 Å². The Hall–Kier alpha value is -2.28. The monoisotopic (exact) mass is 294 g/mol. The fourth-order valence-corrected chi connectivity index (χ4v) is 2.34. The molecule has 2 unspecified atom stereocenters. The predicted molar refractivity (Wildman–Crippen MR) is 73.9 cm³/mol. The molecule has 1 saturated heterocycles. The lowest BCUT2D eigenvalue weighted by atomic mass is 10.2. The number of methoxy groups -OCH3 is 1. The molecule has 2 rings (SSSR count). The summed E-state index contributed by atoms with van der Waals surface area (Å²) in [5.41, 5.74) is 1.07. The van der Waals surface area contributed by atoms with Gasteiger partial charge in [-0.15, -0.1) is 0 Å². The quantitative estimate of drug-likeness (QED) is 0.814. The number of carbonyl (C=O) groups is 2. The van der Waals surface area contributed by atoms with Crippen molar-refractivity contribution in [3.8, 4) is 0 Å². The van der Waals surface area contributed by atoms with Gasteiger partial charge in [-0.2, -0.15) is 0 Å². The number of nitrogens with one attached hydrogen (secondary N) is 1. The predicted octanol–water partition coefficient (Wildman–Crippen LogP) is 1.29. The molecule has 2 N–H and O–H groups in total. The topological polar surface area (TPSA) is 88.1 Å². The Kier molecular flexibility index (Phi) is 4.99. The second-order valence-electron chi connectivity index (χ2n) is 4.77. The van der Waals surface area contributed by atoms with Crippen LogP contribution in [0.1, 0.15) is 5.56 Å². The van der Waals surface area contributed by atoms with Gasteiger partial charge < -0.3 is 24.8 Å². The molecule has 1 heterocycles. The molecule has 0 saturated carbocycles. The van der Waals surface area contributed by atoms with Crippen LogP contribution in [0.5, 0.6) is 0 Å². The first-order valence-electron chi connectivity index (χ1n) is 6.60. The minimum atomic E-state index is -1.35. The molecule has 0 spiro atoms. The molecular formula is C14H18N2O5. The first kappa shape index (κ1) is 15.1. The molecule has 0 bridgehead atoms. The van der Waals surface area contributed by atoms with Crippen molar-refractivity contribution in [3.05, 3.63) is 35.9 Å². The summed E-state index contributed by atoms with van der Waals surface area (Å²) in [5, 5.41) is 12.0. The maximum atomic E-state index is 11.5. The van der Waals surface area contributed by atoms with Gasteiger partial charge in [0.2, 0.25) is 0 Å². The third kappa shape index (κ3) is 4.09. The number of likely N-dealkylation sites (tertiary alicyclic amines) is 1. The van der Waals surface area contributed by atoms with E-state index in [2.05, 4.69) is 10.1 Å². The molecule has 21 heavy (non-hydrogen) atoms. The average molecular weight is 294 g/mol. The molecule has 1 amide bonds. The maximum Gasteiger partial charge on any atom is 0.506 e. The fraction of sp³-hybridized carbons (Fsp3) is 0.429. The third-order valence-electron chi connectivity index (χ3n) is 3.36. The number of benzene rings is 1. The molecule has 1 aromatic carbocycles. The van der Waals surface area contributed by atoms with E-state index in [1.165, 1.54) is 12.0 Å². The lowest BCUT2D eigenvalue weighted by Gasteiger charge is -2.18. The summed E-state index contributed by atoms with van der Waals surface area (Å²) in [6, 6.07) is 9.45. The number of carbonyl (C=O) groups excluding carboxylic acids is 1. The SMILES string of the molecule is COC(=O)N1CC(NCc2ccccc2)C(OC(=O)O)C1. The smallest absolute Gasteiger partial charge is 0.453 e. The number of hydrogen-bond donors (Lipinski definition) is 2. The zero-order valence-electron chi connectivity index (χ0n) is 11.7. The standard InChI is InChI=1S/C14H18N2O5/c1-20-13(17)16-8-11(12(9-16)21-14(18)19)15-7-10-5-3-2-4-6-10/h2-6,11-12,15H,7-9H2,1H3,(H,18,19). The highest BCUT2D eigenvalue weighted by molar-refractivity contribution is 5.68. The van der Waals surface area contributed by atoms with Gasteiger partial charge in [-0.05, 0) is 5.56 Å². The van der Waals surface area contributed by atoms with Gasteiger partial charge >= 0.3 is 12.2 Å². The van der Waals surface area contributed by atoms with Gasteiger partial charge in [0, 0.05) is 13.1 Å². The van der Waals surface area contributed by atoms with Crippen LogP contribution in [-0.2, 0) is 16.0 Å². The van der Waals surface area contributed by atoms with E-state index in [0.717, 1.165) is 5.56 Å². The third-order valence-corrected chi connectivity index (χ3v) is 3.36. The van der Waals surface area contributed by atoms with Crippen molar-refractivity contribution in [3.63, 3.8) is 0 Å². The lowest BCUT2D eigenvalue weighted by Crippen LogP contribution is -2.41. The molecule has 1 aliphatic heterocycles. The van der Waals surface area contributed by atoms with E-state index >= 15 is 0 Å². The Morgan fingerprint density at radius 1 is 1.33 bits per heavy atom. The summed E-state index contributed by atoms with van der Waals surface area (Å²) in [6.45, 7) is 1.10. The van der Waals surface area contributed by atoms with Crippen molar-refractivity contribution in [1.82, 2.24) is 10.2 Å². The Labute approximate surface area is 122 Å². The van der Waals surface area contributed by atoms with E-state index in [1.807, 2.05) is 30.3 Å². The van der Waals surface area contributed by atoms with Gasteiger partial charge in [0.25, 0.3) is 0 Å². The summed E-state index contributed by atoms with van der Waals surface area (Å²) >= 11 is 0. The van der Waals surface area contributed by atoms with E-state index < -0.39 is 18.4 Å². The van der Waals surface area contributed by atoms with Gasteiger partial charge in [-0.3, -0.25) is 0 Å². The molecule has 0 aliphatic carbocycles. The van der Waals surface area contributed by atoms with Crippen LogP contribution >= 0.6 is 0 Å². The number of carboxylic acid groups (broad SMARTS) is 1. The zero-order valence-corrected chi connectivity index (χ0v) is 11.7. The summed E-state index contributed by atoms with van der Waals surface area (Å²) in [5.74, 6) is 0. The Morgan fingerprint density at radius 3 is 2.67 bits per heavy atom. The van der Waals surface area contributed by atoms with Crippen LogP contribution in [0.2, 0.25) is 0 Å². The van der Waals surface area contributed by atoms with Crippen LogP contribution < -0.4 is 5.32 Å². The second-order valence-corrected chi connectivity index (χ2v) is 4.77. The molecular weight excluding hydrogens is 276 g/mol. The number of amides is 1. The highest BCUT2D eigenvalue weighted by atomic mass is 16.7. The Morgan fingerprint density at radius 2 is 2.05 bits per heavy atom. The minimum Gasteiger partial charge on any atom is -0.453 e. The van der Waals surface area contributed by atoms with E-state index in [0.29, 0.717) is 13.1 Å². The molecule has 2 atom stereocenters. The summed E-state index contributed by atoms with van der Waals surface area (Å²) in [6.07, 6.45) is -2.44. The van der Waals surface area contributed by atoms with Gasteiger partial charge in [-0.25, -0.2) is 9.59 Å². The number of ether oxygens (including phenoxy) is 2. The first-order chi connectivity index (χ1) is 10.1. The molecule has 0 aromatic heterocycles. The van der Waals surface area contributed by atoms with E-state index in [-0.39, 0.29) is 12.6 Å². The molecule has 114 valence electrons. The van der Waals surface area contributed by atoms with Gasteiger partial charge in [0.1, 0.15) is 6.10 Å². The normalized spacial score (nSPS) is 21.1. The van der Waals surface area contributed by atoms with Crippen LogP contribution in [0.15, 0.2) is 30.3 Å². The largest absolute Gasteiger partial charge is 0.506 e. The van der Waals surface area contributed by atoms with Gasteiger partial charge in [-0.1, -0.05) is 30.3 Å². The van der Waals surface area contributed by atoms with Crippen LogP contribution in [-0.4, -0.2) is 54.6 Å². The molecule has 1 fully saturated rings. The summed E-state index contributed by atoms with van der Waals surface area (Å²) in [7, 11) is 1.29. The number of nitrogens with zero attached hydrogens (tertiary/aromatic N) is 1. The van der Waals surface area contributed by atoms with Crippen LogP contribution in [0.4, 0.5) is 9.59 Å². The van der Waals surface area contributed by atoms with Gasteiger partial charge in [0.05, 0.1) is 19.7 Å². The van der Waals surface area contributed by atoms with Crippen LogP contribution in [0.25, 0.3) is 0 Å². The maximum absolute atomic E-state index is 11.5. The highest BCUT2D eigenvalue weighted by Crippen LogP contribution is 2.15. The van der Waals surface area contributed by atoms with Crippen molar-refractivity contribution in [2.75, 3.05) is 20.2 Å². The van der Waals surface area contributed by atoms with Crippen molar-refractivity contribution in [2.45, 2.75) is 18.7 Å². The fourth-order valence-electron chi connectivity index (χ4n) is 2.34. The lowest BCUT2D eigenvalue weighted by molar-refractivity contribution is 0.0451. The first-order valence-corrected chi connectivity index (χ1v) is 6.60. The average Bonchev–Trinajstić information content (AvgIpc) is 2.87. The Bertz CT molecular complexity index is 493. The van der Waals surface area contributed by atoms with Crippen molar-refractivity contribution < 1.29 is 24.2 Å². The van der Waals surface area contributed by atoms with E-state index in [9.17, 15) is 9.59 Å². The molecule has 0 radical (unpaired) electrons. The molecule has 1 aromatic rings.